The van der Waals surface area contributed by atoms with Crippen LogP contribution in [0, 0.1) is 0 Å². The van der Waals surface area contributed by atoms with Crippen molar-refractivity contribution in [2.24, 2.45) is 0 Å². The van der Waals surface area contributed by atoms with E-state index in [1.165, 1.54) is 0 Å². The van der Waals surface area contributed by atoms with Crippen LogP contribution < -0.4 is 0 Å². The Kier molecular flexibility index (Phi) is 4.77. The quantitative estimate of drug-likeness (QED) is 0.449. The van der Waals surface area contributed by atoms with Gasteiger partial charge in [0.25, 0.3) is 0 Å². The van der Waals surface area contributed by atoms with Gasteiger partial charge in [-0.15, -0.1) is 0 Å². The van der Waals surface area contributed by atoms with Gasteiger partial charge in [0.1, 0.15) is 0 Å². The second kappa shape index (κ2) is 4.92. The van der Waals surface area contributed by atoms with Crippen LogP contribution in [0.2, 0.25) is 0 Å². The minimum absolute atomic E-state index is 8.12. The molecule has 24 heavy (non-hydrogen) atoms. The third-order valence-corrected chi connectivity index (χ3v) is 6.40. The number of hydrogen-bond donors (Lipinski definition) is 1. The van der Waals surface area contributed by atoms with Gasteiger partial charge in [-0.05, 0) is 0 Å². The van der Waals surface area contributed by atoms with Gasteiger partial charge in [0.15, 0.2) is 0 Å². The maximum atomic E-state index is 13.6. The molecule has 1 N–H and O–H groups in total. The molecule has 0 heterocycles. The summed E-state index contributed by atoms with van der Waals surface area (Å²) in [5, 5.41) is 0. The Labute approximate surface area is 119 Å². The third-order valence-electron chi connectivity index (χ3n) is 2.56. The van der Waals surface area contributed by atoms with Crippen LogP contribution in [-0.2, 0) is 0 Å². The molecule has 1 nitrogen and oxygen atoms in total. The fraction of sp³-hybridized carbons (Fsp3) is 1.00. The SMILES string of the molecule is OP(F)(C(F)(F)C(F)(F)F)(C(F)(F)C(F)(F)F)C(F)(F)C(F)(F)F. The molecule has 0 aromatic heterocycles. The molecule has 0 bridgehead atoms. The van der Waals surface area contributed by atoms with E-state index in [9.17, 15) is 70.1 Å². The first-order chi connectivity index (χ1) is 9.82. The van der Waals surface area contributed by atoms with Crippen molar-refractivity contribution in [3.63, 3.8) is 0 Å². The first-order valence-corrected chi connectivity index (χ1v) is 6.70. The van der Waals surface area contributed by atoms with Crippen molar-refractivity contribution < 1.29 is 74.9 Å². The van der Waals surface area contributed by atoms with Gasteiger partial charge in [-0.3, -0.25) is 0 Å². The minimum atomic E-state index is -12.2. The number of halogens is 16. The van der Waals surface area contributed by atoms with Gasteiger partial charge in [-0.2, -0.15) is 0 Å². The molecule has 0 saturated heterocycles. The molecule has 148 valence electrons. The molecule has 0 aliphatic carbocycles. The van der Waals surface area contributed by atoms with E-state index in [0.29, 0.717) is 0 Å². The van der Waals surface area contributed by atoms with Gasteiger partial charge < -0.3 is 0 Å². The average molecular weight is 424 g/mol. The van der Waals surface area contributed by atoms with Gasteiger partial charge in [0.2, 0.25) is 0 Å². The van der Waals surface area contributed by atoms with Crippen molar-refractivity contribution in [1.82, 2.24) is 0 Å². The van der Waals surface area contributed by atoms with Crippen molar-refractivity contribution in [1.29, 1.82) is 0 Å². The predicted molar refractivity (Wildman–Crippen MR) is 43.3 cm³/mol. The molecule has 0 rings (SSSR count). The molecule has 0 aromatic rings. The number of rotatable bonds is 3. The van der Waals surface area contributed by atoms with Gasteiger partial charge in [-0.1, -0.05) is 0 Å². The Morgan fingerprint density at radius 3 is 0.625 bits per heavy atom. The molecule has 0 atom stereocenters. The second-order valence-electron chi connectivity index (χ2n) is 4.08. The van der Waals surface area contributed by atoms with Gasteiger partial charge in [0.05, 0.1) is 0 Å². The molecule has 0 aliphatic rings. The van der Waals surface area contributed by atoms with E-state index >= 15 is 0 Å². The van der Waals surface area contributed by atoms with Gasteiger partial charge in [-0.25, -0.2) is 0 Å². The van der Waals surface area contributed by atoms with Gasteiger partial charge in [0, 0.05) is 0 Å². The van der Waals surface area contributed by atoms with Gasteiger partial charge >= 0.3 is 118 Å². The Morgan fingerprint density at radius 2 is 0.542 bits per heavy atom. The van der Waals surface area contributed by atoms with Crippen molar-refractivity contribution in [2.75, 3.05) is 0 Å². The number of hydrogen-bond acceptors (Lipinski definition) is 1. The summed E-state index contributed by atoms with van der Waals surface area (Å²) >= 11 is 0. The summed E-state index contributed by atoms with van der Waals surface area (Å²) < 4.78 is 197. The Morgan fingerprint density at radius 1 is 0.417 bits per heavy atom. The maximum absolute atomic E-state index is 13.6. The van der Waals surface area contributed by atoms with Crippen LogP contribution in [0.15, 0.2) is 0 Å². The van der Waals surface area contributed by atoms with Crippen molar-refractivity contribution in [2.45, 2.75) is 35.5 Å². The molecule has 0 radical (unpaired) electrons. The molecule has 0 aliphatic heterocycles. The summed E-state index contributed by atoms with van der Waals surface area (Å²) in [5.41, 5.74) is -26.4. The fourth-order valence-corrected chi connectivity index (χ4v) is 3.67. The van der Waals surface area contributed by atoms with E-state index in [-0.39, 0.29) is 0 Å². The fourth-order valence-electron chi connectivity index (χ4n) is 1.22. The second-order valence-corrected chi connectivity index (χ2v) is 7.70. The van der Waals surface area contributed by atoms with E-state index in [2.05, 4.69) is 0 Å². The average Bonchev–Trinajstić information content (AvgIpc) is 2.23. The molecule has 0 saturated carbocycles. The summed E-state index contributed by atoms with van der Waals surface area (Å²) in [5.74, 6) is 0. The first kappa shape index (κ1) is 23.3. The monoisotopic (exact) mass is 424 g/mol. The van der Waals surface area contributed by atoms with Crippen LogP contribution in [0.25, 0.3) is 0 Å². The third kappa shape index (κ3) is 2.25. The first-order valence-electron chi connectivity index (χ1n) is 4.62. The van der Waals surface area contributed by atoms with Crippen molar-refractivity contribution in [3.05, 3.63) is 0 Å². The molecular formula is C6HF16OP. The zero-order chi connectivity index (χ0) is 20.4. The van der Waals surface area contributed by atoms with Crippen LogP contribution in [0.4, 0.5) is 70.1 Å². The molecular weight excluding hydrogens is 423 g/mol. The summed E-state index contributed by atoms with van der Waals surface area (Å²) in [7, 11) is -12.2. The van der Waals surface area contributed by atoms with E-state index in [1.54, 1.807) is 0 Å². The normalized spacial score (nSPS) is 18.3. The van der Waals surface area contributed by atoms with Crippen molar-refractivity contribution >= 4 is 7.14 Å². The standard InChI is InChI=1S/C6HF16OP/c7-1(8,9)4(16,17)24(22,23,5(18,19)2(10,11)12)6(20,21)3(13,14)15/h23H. The predicted octanol–water partition coefficient (Wildman–Crippen LogP) is 5.80. The molecule has 0 fully saturated rings. The van der Waals surface area contributed by atoms with Crippen LogP contribution >= 0.6 is 7.14 Å². The van der Waals surface area contributed by atoms with Crippen molar-refractivity contribution in [3.8, 4) is 0 Å². The molecule has 0 spiro atoms. The van der Waals surface area contributed by atoms with Crippen LogP contribution in [-0.4, -0.2) is 40.4 Å². The summed E-state index contributed by atoms with van der Waals surface area (Å²) in [6.07, 6.45) is -24.5. The topological polar surface area (TPSA) is 20.2 Å². The summed E-state index contributed by atoms with van der Waals surface area (Å²) in [6.45, 7) is 0. The van der Waals surface area contributed by atoms with E-state index < -0.39 is 42.7 Å². The van der Waals surface area contributed by atoms with E-state index in [1.807, 2.05) is 0 Å². The summed E-state index contributed by atoms with van der Waals surface area (Å²) in [4.78, 5) is 8.12. The van der Waals surface area contributed by atoms with E-state index in [4.69, 9.17) is 4.89 Å². The molecule has 0 aromatic carbocycles. The number of alkyl halides is 15. The molecule has 0 unspecified atom stereocenters. The Hall–Kier alpha value is -0.730. The molecule has 0 amide bonds. The zero-order valence-corrected chi connectivity index (χ0v) is 10.8. The molecule has 18 heteroatoms. The van der Waals surface area contributed by atoms with Crippen LogP contribution in [0.1, 0.15) is 0 Å². The summed E-state index contributed by atoms with van der Waals surface area (Å²) in [6, 6.07) is 0. The van der Waals surface area contributed by atoms with Crippen LogP contribution in [0.5, 0.6) is 0 Å². The Bertz CT molecular complexity index is 421. The zero-order valence-electron chi connectivity index (χ0n) is 9.94. The van der Waals surface area contributed by atoms with E-state index in [0.717, 1.165) is 0 Å². The Balaban J connectivity index is 7.41. The van der Waals surface area contributed by atoms with Crippen LogP contribution in [0.3, 0.4) is 0 Å².